The van der Waals surface area contributed by atoms with Crippen molar-refractivity contribution in [3.8, 4) is 0 Å². The number of amides is 3. The monoisotopic (exact) mass is 1330 g/mol. The van der Waals surface area contributed by atoms with Gasteiger partial charge in [-0.2, -0.15) is 0 Å². The average Bonchev–Trinajstić information content (AvgIpc) is 0.813. The minimum absolute atomic E-state index is 0.00226. The van der Waals surface area contributed by atoms with Gasteiger partial charge < -0.3 is 121 Å². The van der Waals surface area contributed by atoms with E-state index in [-0.39, 0.29) is 82.5 Å². The van der Waals surface area contributed by atoms with Gasteiger partial charge in [-0.1, -0.05) is 91.0 Å². The maximum Gasteiger partial charge on any atom is 0.329 e. The van der Waals surface area contributed by atoms with E-state index in [1.54, 1.807) is 21.1 Å². The molecule has 30 nitrogen and oxygen atoms in total. The van der Waals surface area contributed by atoms with Crippen molar-refractivity contribution < 1.29 is 95.7 Å². The first-order chi connectivity index (χ1) is 45.4. The first kappa shape index (κ1) is 79.9. The Bertz CT molecular complexity index is 2620. The van der Waals surface area contributed by atoms with Crippen molar-refractivity contribution in [2.45, 2.75) is 166 Å². The third-order valence-corrected chi connectivity index (χ3v) is 14.4. The molecule has 0 saturated carbocycles. The van der Waals surface area contributed by atoms with Gasteiger partial charge in [0.1, 0.15) is 79.7 Å². The number of hydrogen-bond acceptors (Lipinski definition) is 22. The van der Waals surface area contributed by atoms with E-state index in [1.807, 2.05) is 119 Å². The molecule has 3 aromatic rings. The van der Waals surface area contributed by atoms with Gasteiger partial charge in [0.2, 0.25) is 17.7 Å². The first-order valence-electron chi connectivity index (χ1n) is 31.6. The molecule has 3 aliphatic rings. The molecule has 6 rings (SSSR count). The second-order valence-electron chi connectivity index (χ2n) is 21.3. The summed E-state index contributed by atoms with van der Waals surface area (Å²) >= 11 is 0. The van der Waals surface area contributed by atoms with E-state index in [0.29, 0.717) is 52.9 Å². The fraction of sp³-hybridized carbons (Fsp3) is 0.625. The lowest BCUT2D eigenvalue weighted by molar-refractivity contribution is -0.282. The number of nitrogens with zero attached hydrogens (tertiary/aromatic N) is 2. The Morgan fingerprint density at radius 2 is 0.798 bits per heavy atom. The van der Waals surface area contributed by atoms with Crippen LogP contribution in [-0.4, -0.2) is 231 Å². The second-order valence-corrected chi connectivity index (χ2v) is 21.3. The highest BCUT2D eigenvalue weighted by atomic mass is 16.7. The molecule has 15 atom stereocenters. The maximum absolute atomic E-state index is 12.5. The number of guanidine groups is 2. The number of carbonyl (C=O) groups excluding carboxylic acids is 3. The van der Waals surface area contributed by atoms with Gasteiger partial charge in [0.05, 0.1) is 52.7 Å². The zero-order valence-electron chi connectivity index (χ0n) is 55.1. The number of nitrogens with one attached hydrogen (secondary N) is 3. The number of hydrogen-bond donors (Lipinski definition) is 10. The third-order valence-electron chi connectivity index (χ3n) is 14.4. The Morgan fingerprint density at radius 1 is 0.468 bits per heavy atom. The summed E-state index contributed by atoms with van der Waals surface area (Å²) in [5.74, 6) is -2.30. The predicted octanol–water partition coefficient (Wildman–Crippen LogP) is 0.695. The number of carboxylic acids is 1. The summed E-state index contributed by atoms with van der Waals surface area (Å²) in [5, 5.41) is 28.5. The van der Waals surface area contributed by atoms with E-state index in [4.69, 9.17) is 100 Å². The average molecular weight is 1330 g/mol. The number of carboxylic acid groups (broad SMARTS) is 1. The maximum atomic E-state index is 12.5. The molecule has 0 bridgehead atoms. The number of aliphatic imine (C=N–C) groups is 2. The molecule has 3 heterocycles. The molecule has 30 heteroatoms. The summed E-state index contributed by atoms with van der Waals surface area (Å²) in [6.45, 7) is 12.8. The Balaban J connectivity index is 0.000000301. The van der Waals surface area contributed by atoms with Crippen LogP contribution in [0.5, 0.6) is 0 Å². The van der Waals surface area contributed by atoms with Gasteiger partial charge in [-0.3, -0.25) is 24.4 Å². The van der Waals surface area contributed by atoms with E-state index >= 15 is 0 Å². The van der Waals surface area contributed by atoms with Gasteiger partial charge >= 0.3 is 5.97 Å². The molecule has 0 radical (unpaired) electrons. The summed E-state index contributed by atoms with van der Waals surface area (Å²) in [7, 11) is 3.19. The van der Waals surface area contributed by atoms with Crippen LogP contribution in [-0.2, 0) is 105 Å². The molecule has 3 aliphatic heterocycles. The number of carbonyl (C=O) groups is 4. The van der Waals surface area contributed by atoms with E-state index in [9.17, 15) is 24.3 Å². The number of aliphatic hydroxyl groups is 1. The molecule has 0 spiro atoms. The topological polar surface area (TPSA) is 429 Å². The highest BCUT2D eigenvalue weighted by molar-refractivity contribution is 5.79. The van der Waals surface area contributed by atoms with Crippen LogP contribution >= 0.6 is 0 Å². The lowest BCUT2D eigenvalue weighted by Gasteiger charge is -2.45. The molecule has 15 N–H and O–H groups in total. The van der Waals surface area contributed by atoms with Crippen LogP contribution < -0.4 is 44.6 Å². The van der Waals surface area contributed by atoms with Gasteiger partial charge in [0, 0.05) is 73.1 Å². The summed E-state index contributed by atoms with van der Waals surface area (Å²) in [4.78, 5) is 55.8. The van der Waals surface area contributed by atoms with Gasteiger partial charge in [-0.05, 0) is 51.3 Å². The first-order valence-corrected chi connectivity index (χ1v) is 31.6. The second kappa shape index (κ2) is 45.8. The van der Waals surface area contributed by atoms with Gasteiger partial charge in [-0.15, -0.1) is 0 Å². The van der Waals surface area contributed by atoms with E-state index in [2.05, 4.69) is 25.9 Å². The molecular weight excluding hydrogens is 1230 g/mol. The third kappa shape index (κ3) is 28.4. The predicted molar refractivity (Wildman–Crippen MR) is 345 cm³/mol. The number of aliphatic hydroxyl groups excluding tert-OH is 1. The molecule has 94 heavy (non-hydrogen) atoms. The Labute approximate surface area is 550 Å². The van der Waals surface area contributed by atoms with Gasteiger partial charge in [-0.25, -0.2) is 4.79 Å². The molecule has 3 saturated heterocycles. The number of rotatable bonds is 38. The number of aliphatic carboxylic acids is 1. The van der Waals surface area contributed by atoms with Crippen LogP contribution in [0.25, 0.3) is 0 Å². The Hall–Kier alpha value is -6.56. The normalized spacial score (nSPS) is 25.6. The highest BCUT2D eigenvalue weighted by Crippen LogP contribution is 2.30. The summed E-state index contributed by atoms with van der Waals surface area (Å²) in [6, 6.07) is 27.2. The smallest absolute Gasteiger partial charge is 0.329 e. The largest absolute Gasteiger partial charge is 0.480 e. The quantitative estimate of drug-likeness (QED) is 0.0279. The zero-order valence-corrected chi connectivity index (χ0v) is 55.1. The lowest BCUT2D eigenvalue weighted by atomic mass is 9.96. The molecule has 528 valence electrons. The standard InChI is InChI=1S/C22H36N4O6.C21H32N4O8.C21H34N2O6/c1-4-30-20-18(26-17(27)11-12-25-22(23)24)21(31-5-2)32-16(19(20)28-3)14-29-13-15-9-7-6-8-10-15;1-2-31-20-17(25-15(26)8-9-24-21(22)23)19(32-12-16(27)28)18(29)14(33-20)11-30-10-13-6-4-3-5-7-13;1-4-27-20-18(23-17(24)11-12-22)21(28-5-2)29-16(19(20)25-3)14-26-13-15-9-7-6-8-10-15/h6-10,16,18-21H,4-5,11-14H2,1-3H3,(H,26,27)(H4,23,24,25);3-7,14,17-20,29H,2,8-12H2,1H3,(H,25,26)(H,27,28)(H4,22,23,24);6-10,16,18-21H,4-5,11-14,22H2,1-3H3,(H,23,24)/t16?,18?,19-,20-,21?;14?,17?,18-,19-,20?;16?,18?,19-,20-,21?/m111/s1. The molecular formula is C64H102N10O20. The highest BCUT2D eigenvalue weighted by Gasteiger charge is 2.51. The van der Waals surface area contributed by atoms with Crippen molar-refractivity contribution in [2.24, 2.45) is 38.7 Å². The number of methoxy groups -OCH3 is 2. The van der Waals surface area contributed by atoms with Crippen molar-refractivity contribution in [3.63, 3.8) is 0 Å². The molecule has 3 fully saturated rings. The lowest BCUT2D eigenvalue weighted by Crippen LogP contribution is -2.66. The van der Waals surface area contributed by atoms with Crippen LogP contribution in [0.3, 0.4) is 0 Å². The summed E-state index contributed by atoms with van der Waals surface area (Å²) < 4.78 is 81.7. The minimum Gasteiger partial charge on any atom is -0.480 e. The van der Waals surface area contributed by atoms with E-state index in [0.717, 1.165) is 16.7 Å². The fourth-order valence-electron chi connectivity index (χ4n) is 10.3. The summed E-state index contributed by atoms with van der Waals surface area (Å²) in [6.07, 6.45) is -8.06. The van der Waals surface area contributed by atoms with Crippen LogP contribution in [0, 0.1) is 0 Å². The van der Waals surface area contributed by atoms with E-state index < -0.39 is 110 Å². The van der Waals surface area contributed by atoms with Crippen molar-refractivity contribution in [2.75, 3.05) is 93.3 Å². The molecule has 0 aromatic heterocycles. The van der Waals surface area contributed by atoms with Crippen LogP contribution in [0.1, 0.15) is 70.6 Å². The van der Waals surface area contributed by atoms with Crippen molar-refractivity contribution in [1.82, 2.24) is 16.0 Å². The van der Waals surface area contributed by atoms with Crippen LogP contribution in [0.4, 0.5) is 0 Å². The van der Waals surface area contributed by atoms with Gasteiger partial charge in [0.25, 0.3) is 0 Å². The van der Waals surface area contributed by atoms with Gasteiger partial charge in [0.15, 0.2) is 30.8 Å². The number of benzene rings is 3. The molecule has 0 aliphatic carbocycles. The van der Waals surface area contributed by atoms with Crippen LogP contribution in [0.2, 0.25) is 0 Å². The van der Waals surface area contributed by atoms with E-state index in [1.165, 1.54) is 0 Å². The van der Waals surface area contributed by atoms with Crippen molar-refractivity contribution in [1.29, 1.82) is 0 Å². The number of nitrogens with two attached hydrogens (primary N) is 5. The van der Waals surface area contributed by atoms with Crippen molar-refractivity contribution in [3.05, 3.63) is 108 Å². The number of ether oxygens (including phenoxy) is 14. The zero-order chi connectivity index (χ0) is 68.6. The molecule has 3 amide bonds. The molecule has 9 unspecified atom stereocenters. The SMILES string of the molecule is CCOC1OC(COCc2ccccc2)[C@@H](O)[C@H](OCC(=O)O)C1NC(=O)CCN=C(N)N.CCOC1OC(COCc2ccccc2)[C@@H](OC)[C@H](OCC)C1NC(=O)CCN.CCOC1OC(COCc2ccccc2)[C@@H](OC)[C@H](OCC)C1NC(=O)CCN=C(N)N. The fourth-order valence-corrected chi connectivity index (χ4v) is 10.3. The minimum atomic E-state index is -1.29. The Morgan fingerprint density at radius 3 is 1.12 bits per heavy atom. The molecule has 3 aromatic carbocycles. The summed E-state index contributed by atoms with van der Waals surface area (Å²) in [5.41, 5.74) is 29.7. The van der Waals surface area contributed by atoms with Crippen molar-refractivity contribution >= 4 is 35.6 Å². The Kier molecular flexibility index (Phi) is 38.9. The van der Waals surface area contributed by atoms with Crippen LogP contribution in [0.15, 0.2) is 101 Å².